The van der Waals surface area contributed by atoms with Gasteiger partial charge in [-0.2, -0.15) is 0 Å². The van der Waals surface area contributed by atoms with Crippen LogP contribution < -0.4 is 10.1 Å². The normalized spacial score (nSPS) is 12.0. The molecular weight excluding hydrogens is 289 g/mol. The van der Waals surface area contributed by atoms with Crippen molar-refractivity contribution in [1.29, 1.82) is 0 Å². The van der Waals surface area contributed by atoms with E-state index in [0.29, 0.717) is 24.5 Å². The van der Waals surface area contributed by atoms with Crippen LogP contribution >= 0.6 is 15.9 Å². The van der Waals surface area contributed by atoms with Crippen molar-refractivity contribution in [3.63, 3.8) is 0 Å². The number of nitrogens with one attached hydrogen (secondary N) is 1. The molecule has 0 fully saturated rings. The van der Waals surface area contributed by atoms with Crippen LogP contribution in [0, 0.1) is 5.82 Å². The molecule has 17 heavy (non-hydrogen) atoms. The highest BCUT2D eigenvalue weighted by Gasteiger charge is 2.15. The fourth-order valence-corrected chi connectivity index (χ4v) is 1.39. The number of hydrogen-bond donors (Lipinski definition) is 1. The maximum atomic E-state index is 13.0. The predicted molar refractivity (Wildman–Crippen MR) is 69.2 cm³/mol. The Balaban J connectivity index is 2.86. The van der Waals surface area contributed by atoms with Gasteiger partial charge < -0.3 is 10.1 Å². The van der Waals surface area contributed by atoms with Gasteiger partial charge in [0.2, 0.25) is 5.91 Å². The van der Waals surface area contributed by atoms with E-state index < -0.39 is 5.82 Å². The summed E-state index contributed by atoms with van der Waals surface area (Å²) in [6.07, 6.45) is 0.678. The molecule has 1 N–H and O–H groups in total. The van der Waals surface area contributed by atoms with Crippen LogP contribution in [0.25, 0.3) is 0 Å². The van der Waals surface area contributed by atoms with Crippen LogP contribution in [0.5, 0.6) is 5.75 Å². The van der Waals surface area contributed by atoms with Crippen LogP contribution in [-0.4, -0.2) is 17.3 Å². The van der Waals surface area contributed by atoms with E-state index in [1.54, 1.807) is 6.92 Å². The molecule has 0 spiro atoms. The minimum absolute atomic E-state index is 0.167. The van der Waals surface area contributed by atoms with Crippen LogP contribution in [-0.2, 0) is 4.79 Å². The lowest BCUT2D eigenvalue weighted by atomic mass is 10.2. The quantitative estimate of drug-likeness (QED) is 0.847. The van der Waals surface area contributed by atoms with Crippen molar-refractivity contribution < 1.29 is 13.9 Å². The zero-order valence-corrected chi connectivity index (χ0v) is 11.4. The molecule has 0 aliphatic heterocycles. The van der Waals surface area contributed by atoms with Gasteiger partial charge in [-0.15, -0.1) is 0 Å². The molecule has 0 aromatic heterocycles. The second kappa shape index (κ2) is 6.59. The van der Waals surface area contributed by atoms with Crippen molar-refractivity contribution >= 4 is 27.5 Å². The Morgan fingerprint density at radius 3 is 2.82 bits per heavy atom. The number of hydrogen-bond acceptors (Lipinski definition) is 2. The Kier molecular flexibility index (Phi) is 5.41. The van der Waals surface area contributed by atoms with Crippen molar-refractivity contribution in [3.05, 3.63) is 24.0 Å². The van der Waals surface area contributed by atoms with Gasteiger partial charge in [0.25, 0.3) is 0 Å². The van der Waals surface area contributed by atoms with Gasteiger partial charge in [-0.25, -0.2) is 4.39 Å². The molecule has 1 atom stereocenters. The minimum atomic E-state index is -0.391. The van der Waals surface area contributed by atoms with Crippen LogP contribution in [0.1, 0.15) is 20.3 Å². The van der Waals surface area contributed by atoms with Gasteiger partial charge in [0.1, 0.15) is 11.6 Å². The van der Waals surface area contributed by atoms with Gasteiger partial charge in [-0.3, -0.25) is 4.79 Å². The van der Waals surface area contributed by atoms with Crippen molar-refractivity contribution in [3.8, 4) is 5.75 Å². The van der Waals surface area contributed by atoms with Crippen molar-refractivity contribution in [1.82, 2.24) is 0 Å². The number of alkyl halides is 1. The smallest absolute Gasteiger partial charge is 0.238 e. The highest BCUT2D eigenvalue weighted by molar-refractivity contribution is 9.10. The Hall–Kier alpha value is -1.10. The average molecular weight is 304 g/mol. The monoisotopic (exact) mass is 303 g/mol. The summed E-state index contributed by atoms with van der Waals surface area (Å²) in [6.45, 7) is 4.11. The second-order valence-electron chi connectivity index (χ2n) is 3.44. The highest BCUT2D eigenvalue weighted by Crippen LogP contribution is 2.26. The van der Waals surface area contributed by atoms with E-state index in [0.717, 1.165) is 0 Å². The number of amides is 1. The van der Waals surface area contributed by atoms with Gasteiger partial charge >= 0.3 is 0 Å². The van der Waals surface area contributed by atoms with Crippen LogP contribution in [0.4, 0.5) is 10.1 Å². The number of anilines is 1. The summed E-state index contributed by atoms with van der Waals surface area (Å²) in [7, 11) is 0. The maximum absolute atomic E-state index is 13.0. The Morgan fingerprint density at radius 2 is 2.24 bits per heavy atom. The van der Waals surface area contributed by atoms with E-state index in [1.165, 1.54) is 18.2 Å². The Morgan fingerprint density at radius 1 is 1.53 bits per heavy atom. The minimum Gasteiger partial charge on any atom is -0.492 e. The summed E-state index contributed by atoms with van der Waals surface area (Å²) >= 11 is 3.25. The van der Waals surface area contributed by atoms with Crippen molar-refractivity contribution in [2.75, 3.05) is 11.9 Å². The first kappa shape index (κ1) is 14.0. The summed E-state index contributed by atoms with van der Waals surface area (Å²) in [5.41, 5.74) is 0.483. The third-order valence-corrected chi connectivity index (χ3v) is 3.21. The van der Waals surface area contributed by atoms with E-state index in [4.69, 9.17) is 4.74 Å². The number of carbonyl (C=O) groups excluding carboxylic acids is 1. The third kappa shape index (κ3) is 4.00. The lowest BCUT2D eigenvalue weighted by molar-refractivity contribution is -0.115. The van der Waals surface area contributed by atoms with E-state index in [2.05, 4.69) is 21.2 Å². The SMILES string of the molecule is CCOc1cc(F)ccc1NC(=O)C(Br)CC. The van der Waals surface area contributed by atoms with Crippen molar-refractivity contribution in [2.24, 2.45) is 0 Å². The standard InChI is InChI=1S/C12H15BrFNO2/c1-3-9(13)12(16)15-10-6-5-8(14)7-11(10)17-4-2/h5-7,9H,3-4H2,1-2H3,(H,15,16). The summed E-state index contributed by atoms with van der Waals surface area (Å²) in [4.78, 5) is 11.4. The fourth-order valence-electron chi connectivity index (χ4n) is 1.27. The molecule has 0 aliphatic rings. The van der Waals surface area contributed by atoms with Crippen LogP contribution in [0.15, 0.2) is 18.2 Å². The molecule has 5 heteroatoms. The molecule has 1 rings (SSSR count). The molecular formula is C12H15BrFNO2. The average Bonchev–Trinajstić information content (AvgIpc) is 2.31. The molecule has 1 amide bonds. The lowest BCUT2D eigenvalue weighted by Gasteiger charge is -2.13. The van der Waals surface area contributed by atoms with Crippen molar-refractivity contribution in [2.45, 2.75) is 25.1 Å². The number of rotatable bonds is 5. The van der Waals surface area contributed by atoms with E-state index in [1.807, 2.05) is 6.92 Å². The van der Waals surface area contributed by atoms with Gasteiger partial charge in [-0.05, 0) is 25.5 Å². The maximum Gasteiger partial charge on any atom is 0.238 e. The Labute approximate surface area is 108 Å². The summed E-state index contributed by atoms with van der Waals surface area (Å²) in [5, 5.41) is 2.70. The fraction of sp³-hybridized carbons (Fsp3) is 0.417. The number of carbonyl (C=O) groups is 1. The van der Waals surface area contributed by atoms with E-state index in [9.17, 15) is 9.18 Å². The molecule has 0 saturated carbocycles. The molecule has 0 bridgehead atoms. The van der Waals surface area contributed by atoms with E-state index >= 15 is 0 Å². The van der Waals surface area contributed by atoms with Crippen LogP contribution in [0.2, 0.25) is 0 Å². The zero-order chi connectivity index (χ0) is 12.8. The summed E-state index contributed by atoms with van der Waals surface area (Å²) < 4.78 is 18.3. The molecule has 1 unspecified atom stereocenters. The number of benzene rings is 1. The van der Waals surface area contributed by atoms with Gasteiger partial charge in [0, 0.05) is 6.07 Å². The van der Waals surface area contributed by atoms with Gasteiger partial charge in [-0.1, -0.05) is 22.9 Å². The Bertz CT molecular complexity index is 398. The zero-order valence-electron chi connectivity index (χ0n) is 9.80. The first-order valence-electron chi connectivity index (χ1n) is 5.45. The predicted octanol–water partition coefficient (Wildman–Crippen LogP) is 3.34. The first-order chi connectivity index (χ1) is 8.08. The molecule has 0 saturated heterocycles. The van der Waals surface area contributed by atoms with Gasteiger partial charge in [0.15, 0.2) is 0 Å². The topological polar surface area (TPSA) is 38.3 Å². The van der Waals surface area contributed by atoms with E-state index in [-0.39, 0.29) is 10.7 Å². The largest absolute Gasteiger partial charge is 0.492 e. The lowest BCUT2D eigenvalue weighted by Crippen LogP contribution is -2.22. The molecule has 0 aliphatic carbocycles. The molecule has 0 radical (unpaired) electrons. The molecule has 0 heterocycles. The number of ether oxygens (including phenoxy) is 1. The molecule has 94 valence electrons. The third-order valence-electron chi connectivity index (χ3n) is 2.14. The molecule has 1 aromatic rings. The molecule has 1 aromatic carbocycles. The van der Waals surface area contributed by atoms with Crippen LogP contribution in [0.3, 0.4) is 0 Å². The summed E-state index contributed by atoms with van der Waals surface area (Å²) in [5.74, 6) is -0.214. The number of halogens is 2. The summed E-state index contributed by atoms with van der Waals surface area (Å²) in [6, 6.07) is 4.04. The second-order valence-corrected chi connectivity index (χ2v) is 4.54. The van der Waals surface area contributed by atoms with Gasteiger partial charge in [0.05, 0.1) is 17.1 Å². The molecule has 3 nitrogen and oxygen atoms in total. The highest BCUT2D eigenvalue weighted by atomic mass is 79.9. The first-order valence-corrected chi connectivity index (χ1v) is 6.37.